The van der Waals surface area contributed by atoms with Gasteiger partial charge >= 0.3 is 0 Å². The minimum absolute atomic E-state index is 0.909. The number of anilines is 3. The van der Waals surface area contributed by atoms with Gasteiger partial charge in [0.05, 0.1) is 0 Å². The Labute approximate surface area is 322 Å². The van der Waals surface area contributed by atoms with Crippen LogP contribution in [0.2, 0.25) is 0 Å². The predicted molar refractivity (Wildman–Crippen MR) is 235 cm³/mol. The van der Waals surface area contributed by atoms with E-state index in [1.54, 1.807) is 0 Å². The number of furan rings is 1. The van der Waals surface area contributed by atoms with Gasteiger partial charge in [-0.2, -0.15) is 0 Å². The first kappa shape index (κ1) is 31.6. The lowest BCUT2D eigenvalue weighted by Gasteiger charge is -2.26. The molecule has 0 amide bonds. The summed E-state index contributed by atoms with van der Waals surface area (Å²) in [4.78, 5) is 2.35. The molecule has 0 radical (unpaired) electrons. The molecule has 11 rings (SSSR count). The number of para-hydroxylation sites is 1. The zero-order chi connectivity index (χ0) is 36.3. The van der Waals surface area contributed by atoms with Crippen LogP contribution in [0.5, 0.6) is 0 Å². The Hall–Kier alpha value is -6.94. The molecule has 0 aliphatic rings. The second-order valence-electron chi connectivity index (χ2n) is 14.1. The molecule has 0 atom stereocenters. The summed E-state index contributed by atoms with van der Waals surface area (Å²) in [5, 5.41) is 7.42. The van der Waals surface area contributed by atoms with Crippen molar-refractivity contribution in [1.82, 2.24) is 0 Å². The molecule has 0 saturated heterocycles. The van der Waals surface area contributed by atoms with E-state index in [1.807, 2.05) is 23.5 Å². The molecule has 3 heteroatoms. The van der Waals surface area contributed by atoms with Gasteiger partial charge in [-0.25, -0.2) is 0 Å². The largest absolute Gasteiger partial charge is 0.456 e. The van der Waals surface area contributed by atoms with Gasteiger partial charge in [-0.3, -0.25) is 0 Å². The van der Waals surface area contributed by atoms with Crippen molar-refractivity contribution in [1.29, 1.82) is 0 Å². The Balaban J connectivity index is 0.993. The second kappa shape index (κ2) is 12.9. The standard InChI is InChI=1S/C52H33NOS/c1-2-11-42-35(9-1)10-7-14-43(42)36-21-28-40(29-22-36)53(39-26-19-34(20-27-39)38-25-32-50-48(33-38)45-12-3-5-17-49(45)54-50)41-30-23-37(24-31-41)44-15-8-16-47-46-13-4-6-18-51(46)55-52(44)47/h1-33H. The molecular formula is C52H33NOS. The van der Waals surface area contributed by atoms with Gasteiger partial charge in [0, 0.05) is 48.0 Å². The number of nitrogens with zero attached hydrogens (tertiary/aromatic N) is 1. The van der Waals surface area contributed by atoms with Gasteiger partial charge in [0.15, 0.2) is 0 Å². The third-order valence-corrected chi connectivity index (χ3v) is 12.1. The smallest absolute Gasteiger partial charge is 0.135 e. The number of hydrogen-bond acceptors (Lipinski definition) is 3. The third kappa shape index (κ3) is 5.40. The average molecular weight is 720 g/mol. The summed E-state index contributed by atoms with van der Waals surface area (Å²) in [7, 11) is 0. The molecule has 9 aromatic carbocycles. The monoisotopic (exact) mass is 719 g/mol. The first-order chi connectivity index (χ1) is 27.2. The Kier molecular flexibility index (Phi) is 7.39. The first-order valence-electron chi connectivity index (χ1n) is 18.7. The highest BCUT2D eigenvalue weighted by atomic mass is 32.1. The Morgan fingerprint density at radius 2 is 0.873 bits per heavy atom. The average Bonchev–Trinajstić information content (AvgIpc) is 3.83. The molecule has 0 saturated carbocycles. The van der Waals surface area contributed by atoms with E-state index < -0.39 is 0 Å². The fourth-order valence-electron chi connectivity index (χ4n) is 8.19. The molecule has 55 heavy (non-hydrogen) atoms. The molecule has 0 spiro atoms. The summed E-state index contributed by atoms with van der Waals surface area (Å²) in [5.41, 5.74) is 12.4. The highest BCUT2D eigenvalue weighted by Crippen LogP contribution is 2.42. The summed E-state index contributed by atoms with van der Waals surface area (Å²) < 4.78 is 8.76. The summed E-state index contributed by atoms with van der Waals surface area (Å²) in [5.74, 6) is 0. The normalized spacial score (nSPS) is 11.6. The lowest BCUT2D eigenvalue weighted by atomic mass is 9.98. The Morgan fingerprint density at radius 1 is 0.345 bits per heavy atom. The maximum absolute atomic E-state index is 6.11. The van der Waals surface area contributed by atoms with Gasteiger partial charge in [-0.05, 0) is 105 Å². The summed E-state index contributed by atoms with van der Waals surface area (Å²) in [6, 6.07) is 72.2. The SMILES string of the molecule is c1ccc2c(-c3ccc(N(c4ccc(-c5ccc6oc7ccccc7c6c5)cc4)c4ccc(-c5cccc6c5sc5ccccc56)cc4)cc3)cccc2c1. The molecule has 2 aromatic heterocycles. The van der Waals surface area contributed by atoms with Crippen molar-refractivity contribution in [2.75, 3.05) is 4.90 Å². The van der Waals surface area contributed by atoms with Crippen LogP contribution in [-0.4, -0.2) is 0 Å². The molecule has 0 bridgehead atoms. The molecule has 0 fully saturated rings. The van der Waals surface area contributed by atoms with Crippen molar-refractivity contribution in [2.45, 2.75) is 0 Å². The third-order valence-electron chi connectivity index (χ3n) is 10.9. The molecule has 0 aliphatic carbocycles. The van der Waals surface area contributed by atoms with Gasteiger partial charge in [0.1, 0.15) is 11.2 Å². The first-order valence-corrected chi connectivity index (χ1v) is 19.5. The highest BCUT2D eigenvalue weighted by Gasteiger charge is 2.16. The number of benzene rings is 9. The number of thiophene rings is 1. The summed E-state index contributed by atoms with van der Waals surface area (Å²) in [6.45, 7) is 0. The lowest BCUT2D eigenvalue weighted by Crippen LogP contribution is -2.09. The maximum atomic E-state index is 6.11. The Morgan fingerprint density at radius 3 is 1.64 bits per heavy atom. The van der Waals surface area contributed by atoms with Crippen LogP contribution in [-0.2, 0) is 0 Å². The van der Waals surface area contributed by atoms with Gasteiger partial charge in [-0.1, -0.05) is 140 Å². The van der Waals surface area contributed by atoms with Crippen molar-refractivity contribution >= 4 is 81.3 Å². The van der Waals surface area contributed by atoms with E-state index in [9.17, 15) is 0 Å². The van der Waals surface area contributed by atoms with E-state index in [-0.39, 0.29) is 0 Å². The maximum Gasteiger partial charge on any atom is 0.135 e. The van der Waals surface area contributed by atoms with Crippen molar-refractivity contribution in [3.63, 3.8) is 0 Å². The van der Waals surface area contributed by atoms with E-state index >= 15 is 0 Å². The van der Waals surface area contributed by atoms with E-state index in [4.69, 9.17) is 4.42 Å². The van der Waals surface area contributed by atoms with Crippen molar-refractivity contribution in [3.8, 4) is 33.4 Å². The van der Waals surface area contributed by atoms with E-state index in [0.29, 0.717) is 0 Å². The molecule has 0 unspecified atom stereocenters. The van der Waals surface area contributed by atoms with Crippen LogP contribution < -0.4 is 4.90 Å². The second-order valence-corrected chi connectivity index (χ2v) is 15.1. The van der Waals surface area contributed by atoms with E-state index in [0.717, 1.165) is 50.1 Å². The molecule has 0 aliphatic heterocycles. The van der Waals surface area contributed by atoms with Gasteiger partial charge < -0.3 is 9.32 Å². The zero-order valence-electron chi connectivity index (χ0n) is 29.8. The van der Waals surface area contributed by atoms with Crippen LogP contribution in [0.1, 0.15) is 0 Å². The number of rotatable bonds is 6. The van der Waals surface area contributed by atoms with E-state index in [2.05, 4.69) is 193 Å². The van der Waals surface area contributed by atoms with Crippen LogP contribution in [0.25, 0.3) is 86.3 Å². The van der Waals surface area contributed by atoms with Crippen LogP contribution >= 0.6 is 11.3 Å². The highest BCUT2D eigenvalue weighted by molar-refractivity contribution is 7.26. The minimum atomic E-state index is 0.909. The molecule has 11 aromatic rings. The number of hydrogen-bond donors (Lipinski definition) is 0. The quantitative estimate of drug-likeness (QED) is 0.170. The lowest BCUT2D eigenvalue weighted by molar-refractivity contribution is 0.669. The van der Waals surface area contributed by atoms with Gasteiger partial charge in [0.25, 0.3) is 0 Å². The Bertz CT molecular complexity index is 3180. The molecule has 2 heterocycles. The fourth-order valence-corrected chi connectivity index (χ4v) is 9.43. The summed E-state index contributed by atoms with van der Waals surface area (Å²) >= 11 is 1.87. The summed E-state index contributed by atoms with van der Waals surface area (Å²) in [6.07, 6.45) is 0. The van der Waals surface area contributed by atoms with Crippen molar-refractivity contribution in [3.05, 3.63) is 200 Å². The van der Waals surface area contributed by atoms with Gasteiger partial charge in [0.2, 0.25) is 0 Å². The van der Waals surface area contributed by atoms with Crippen LogP contribution in [0.4, 0.5) is 17.1 Å². The molecule has 258 valence electrons. The van der Waals surface area contributed by atoms with Crippen molar-refractivity contribution < 1.29 is 4.42 Å². The zero-order valence-corrected chi connectivity index (χ0v) is 30.6. The predicted octanol–water partition coefficient (Wildman–Crippen LogP) is 15.6. The van der Waals surface area contributed by atoms with Crippen molar-refractivity contribution in [2.24, 2.45) is 0 Å². The molecular weight excluding hydrogens is 687 g/mol. The fraction of sp³-hybridized carbons (Fsp3) is 0. The van der Waals surface area contributed by atoms with Gasteiger partial charge in [-0.15, -0.1) is 11.3 Å². The van der Waals surface area contributed by atoms with Crippen LogP contribution in [0.15, 0.2) is 205 Å². The molecule has 2 nitrogen and oxygen atoms in total. The van der Waals surface area contributed by atoms with E-state index in [1.165, 1.54) is 53.2 Å². The topological polar surface area (TPSA) is 16.4 Å². The number of fused-ring (bicyclic) bond motifs is 7. The minimum Gasteiger partial charge on any atom is -0.456 e. The van der Waals surface area contributed by atoms with Crippen LogP contribution in [0, 0.1) is 0 Å². The molecule has 0 N–H and O–H groups in total. The van der Waals surface area contributed by atoms with Crippen LogP contribution in [0.3, 0.4) is 0 Å².